The number of hydrogen-bond acceptors (Lipinski definition) is 5. The van der Waals surface area contributed by atoms with Crippen LogP contribution in [0.5, 0.6) is 0 Å². The molecule has 0 spiro atoms. The Hall–Kier alpha value is -3.68. The van der Waals surface area contributed by atoms with Crippen LogP contribution in [0.1, 0.15) is 38.4 Å². The van der Waals surface area contributed by atoms with Crippen molar-refractivity contribution in [1.29, 1.82) is 0 Å². The number of Topliss-reactive ketones (excluding diaryl/α,β-unsaturated/α-hetero) is 1. The lowest BCUT2D eigenvalue weighted by Gasteiger charge is -2.12. The molecule has 0 radical (unpaired) electrons. The molecule has 3 aromatic heterocycles. The van der Waals surface area contributed by atoms with Crippen molar-refractivity contribution in [2.45, 2.75) is 46.3 Å². The molecule has 0 unspecified atom stereocenters. The summed E-state index contributed by atoms with van der Waals surface area (Å²) in [5.41, 5.74) is 9.04. The van der Waals surface area contributed by atoms with Crippen LogP contribution in [0.3, 0.4) is 0 Å². The van der Waals surface area contributed by atoms with E-state index in [0.29, 0.717) is 27.5 Å². The third kappa shape index (κ3) is 5.04. The minimum atomic E-state index is -0.111. The summed E-state index contributed by atoms with van der Waals surface area (Å²) in [6, 6.07) is 16.4. The van der Waals surface area contributed by atoms with E-state index in [4.69, 9.17) is 4.98 Å². The van der Waals surface area contributed by atoms with Gasteiger partial charge in [-0.15, -0.1) is 17.9 Å². The minimum absolute atomic E-state index is 0.00852. The predicted octanol–water partition coefficient (Wildman–Crippen LogP) is 7.62. The zero-order valence-electron chi connectivity index (χ0n) is 22.9. The van der Waals surface area contributed by atoms with Gasteiger partial charge in [0.25, 0.3) is 5.56 Å². The third-order valence-corrected chi connectivity index (χ3v) is 8.99. The minimum Gasteiger partial charge on any atom is -0.318 e. The Bertz CT molecular complexity index is 1790. The van der Waals surface area contributed by atoms with Gasteiger partial charge in [0.05, 0.1) is 11.1 Å². The molecule has 5 rings (SSSR count). The summed E-state index contributed by atoms with van der Waals surface area (Å²) in [4.78, 5) is 32.6. The maximum Gasteiger partial charge on any atom is 0.263 e. The van der Waals surface area contributed by atoms with Crippen LogP contribution in [-0.2, 0) is 6.54 Å². The van der Waals surface area contributed by atoms with Crippen molar-refractivity contribution in [2.24, 2.45) is 0 Å². The predicted molar refractivity (Wildman–Crippen MR) is 164 cm³/mol. The second-order valence-electron chi connectivity index (χ2n) is 9.89. The number of allylic oxidation sites excluding steroid dienone is 1. The molecule has 0 amide bonds. The molecule has 39 heavy (non-hydrogen) atoms. The second-order valence-corrected chi connectivity index (χ2v) is 11.7. The van der Waals surface area contributed by atoms with Crippen molar-refractivity contribution in [1.82, 2.24) is 14.1 Å². The van der Waals surface area contributed by atoms with Crippen LogP contribution in [0.4, 0.5) is 0 Å². The van der Waals surface area contributed by atoms with Crippen molar-refractivity contribution in [3.05, 3.63) is 111 Å². The first kappa shape index (κ1) is 26.9. The van der Waals surface area contributed by atoms with Crippen LogP contribution in [0.2, 0.25) is 0 Å². The zero-order chi connectivity index (χ0) is 27.8. The summed E-state index contributed by atoms with van der Waals surface area (Å²) in [6.07, 6.45) is 1.69. The number of nitrogens with zero attached hydrogens (tertiary/aromatic N) is 3. The summed E-state index contributed by atoms with van der Waals surface area (Å²) in [7, 11) is 0. The van der Waals surface area contributed by atoms with E-state index in [1.54, 1.807) is 10.6 Å². The summed E-state index contributed by atoms with van der Waals surface area (Å²) >= 11 is 2.76. The van der Waals surface area contributed by atoms with Gasteiger partial charge in [0.1, 0.15) is 4.83 Å². The topological polar surface area (TPSA) is 56.9 Å². The maximum atomic E-state index is 13.7. The van der Waals surface area contributed by atoms with Gasteiger partial charge in [-0.3, -0.25) is 14.2 Å². The molecule has 0 aliphatic heterocycles. The Morgan fingerprint density at radius 1 is 1.03 bits per heavy atom. The average Bonchev–Trinajstić information content (AvgIpc) is 3.47. The number of aromatic nitrogens is 3. The molecule has 0 fully saturated rings. The highest BCUT2D eigenvalue weighted by molar-refractivity contribution is 7.99. The lowest BCUT2D eigenvalue weighted by Crippen LogP contribution is -2.23. The van der Waals surface area contributed by atoms with E-state index < -0.39 is 0 Å². The van der Waals surface area contributed by atoms with E-state index in [9.17, 15) is 9.59 Å². The van der Waals surface area contributed by atoms with E-state index in [1.165, 1.54) is 39.8 Å². The van der Waals surface area contributed by atoms with Crippen LogP contribution < -0.4 is 5.56 Å². The number of benzene rings is 2. The van der Waals surface area contributed by atoms with Gasteiger partial charge in [-0.25, -0.2) is 4.98 Å². The van der Waals surface area contributed by atoms with Gasteiger partial charge >= 0.3 is 0 Å². The van der Waals surface area contributed by atoms with Crippen molar-refractivity contribution < 1.29 is 4.79 Å². The number of hydrogen-bond donors (Lipinski definition) is 0. The summed E-state index contributed by atoms with van der Waals surface area (Å²) in [5, 5.41) is 3.13. The van der Waals surface area contributed by atoms with Gasteiger partial charge in [0.2, 0.25) is 0 Å². The van der Waals surface area contributed by atoms with Crippen molar-refractivity contribution in [3.8, 4) is 16.8 Å². The molecule has 0 aliphatic carbocycles. The molecule has 2 aromatic carbocycles. The fraction of sp³-hybridized carbons (Fsp3) is 0.219. The molecule has 198 valence electrons. The van der Waals surface area contributed by atoms with Crippen LogP contribution in [0.25, 0.3) is 27.0 Å². The Kier molecular flexibility index (Phi) is 7.47. The Labute approximate surface area is 236 Å². The molecule has 0 aliphatic rings. The van der Waals surface area contributed by atoms with E-state index in [-0.39, 0.29) is 17.1 Å². The van der Waals surface area contributed by atoms with E-state index in [0.717, 1.165) is 28.2 Å². The molecule has 0 bridgehead atoms. The third-order valence-electron chi connectivity index (χ3n) is 7.15. The Morgan fingerprint density at radius 2 is 1.77 bits per heavy atom. The Morgan fingerprint density at radius 3 is 2.46 bits per heavy atom. The lowest BCUT2D eigenvalue weighted by atomic mass is 10.1. The fourth-order valence-corrected chi connectivity index (χ4v) is 6.75. The van der Waals surface area contributed by atoms with Crippen molar-refractivity contribution in [2.75, 3.05) is 5.75 Å². The van der Waals surface area contributed by atoms with Gasteiger partial charge in [0.15, 0.2) is 10.9 Å². The lowest BCUT2D eigenvalue weighted by molar-refractivity contribution is 0.102. The normalized spacial score (nSPS) is 11.3. The van der Waals surface area contributed by atoms with Crippen LogP contribution in [0.15, 0.2) is 76.5 Å². The molecule has 3 heterocycles. The molecule has 5 nitrogen and oxygen atoms in total. The standard InChI is InChI=1S/C32H31N3O2S2/c1-7-14-34-31(37)29-27(24-11-8-19(2)9-12-24)17-38-30(29)33-32(34)39-18-28(36)26-16-22(5)35(23(26)6)25-13-10-20(3)21(4)15-25/h7-13,15-17H,1,14,18H2,2-6H3. The highest BCUT2D eigenvalue weighted by Gasteiger charge is 2.21. The quantitative estimate of drug-likeness (QED) is 0.0858. The number of aryl methyl sites for hydroxylation is 4. The first-order chi connectivity index (χ1) is 18.7. The van der Waals surface area contributed by atoms with Crippen LogP contribution in [0, 0.1) is 34.6 Å². The number of carbonyl (C=O) groups is 1. The van der Waals surface area contributed by atoms with Crippen LogP contribution >= 0.6 is 23.1 Å². The molecular weight excluding hydrogens is 523 g/mol. The van der Waals surface area contributed by atoms with E-state index in [1.807, 2.05) is 56.5 Å². The average molecular weight is 554 g/mol. The first-order valence-electron chi connectivity index (χ1n) is 12.8. The fourth-order valence-electron chi connectivity index (χ4n) is 4.87. The molecule has 7 heteroatoms. The van der Waals surface area contributed by atoms with Crippen LogP contribution in [-0.4, -0.2) is 25.7 Å². The summed E-state index contributed by atoms with van der Waals surface area (Å²) in [5.74, 6) is 0.192. The number of rotatable bonds is 8. The Balaban J connectivity index is 1.46. The molecule has 0 saturated heterocycles. The van der Waals surface area contributed by atoms with Crippen molar-refractivity contribution in [3.63, 3.8) is 0 Å². The van der Waals surface area contributed by atoms with Gasteiger partial charge in [0, 0.05) is 40.1 Å². The second kappa shape index (κ2) is 10.8. The first-order valence-corrected chi connectivity index (χ1v) is 14.7. The van der Waals surface area contributed by atoms with Gasteiger partial charge in [-0.05, 0) is 69.5 Å². The highest BCUT2D eigenvalue weighted by Crippen LogP contribution is 2.33. The number of ketones is 1. The molecular formula is C32H31N3O2S2. The summed E-state index contributed by atoms with van der Waals surface area (Å²) in [6.45, 7) is 14.4. The molecule has 5 aromatic rings. The molecule has 0 atom stereocenters. The largest absolute Gasteiger partial charge is 0.318 e. The smallest absolute Gasteiger partial charge is 0.263 e. The van der Waals surface area contributed by atoms with E-state index >= 15 is 0 Å². The monoisotopic (exact) mass is 553 g/mol. The summed E-state index contributed by atoms with van der Waals surface area (Å²) < 4.78 is 3.75. The number of carbonyl (C=O) groups excluding carboxylic acids is 1. The van der Waals surface area contributed by atoms with Crippen molar-refractivity contribution >= 4 is 39.1 Å². The number of fused-ring (bicyclic) bond motifs is 1. The van der Waals surface area contributed by atoms with Gasteiger partial charge < -0.3 is 4.57 Å². The zero-order valence-corrected chi connectivity index (χ0v) is 24.5. The van der Waals surface area contributed by atoms with E-state index in [2.05, 4.69) is 43.2 Å². The number of thioether (sulfide) groups is 1. The maximum absolute atomic E-state index is 13.7. The molecule has 0 N–H and O–H groups in total. The van der Waals surface area contributed by atoms with Gasteiger partial charge in [-0.1, -0.05) is 53.7 Å². The molecule has 0 saturated carbocycles. The van der Waals surface area contributed by atoms with Gasteiger partial charge in [-0.2, -0.15) is 0 Å². The highest BCUT2D eigenvalue weighted by atomic mass is 32.2. The SMILES string of the molecule is C=CCn1c(SCC(=O)c2cc(C)n(-c3ccc(C)c(C)c3)c2C)nc2scc(-c3ccc(C)cc3)c2c1=O. The number of thiophene rings is 1.